The molecule has 2 rings (SSSR count). The molecular formula is C9H10N4O4S. The number of carboxylic acids is 1. The van der Waals surface area contributed by atoms with Gasteiger partial charge in [-0.3, -0.25) is 19.1 Å². The Hall–Kier alpha value is -2.03. The summed E-state index contributed by atoms with van der Waals surface area (Å²) in [5.41, 5.74) is -0.622. The van der Waals surface area contributed by atoms with Crippen LogP contribution in [-0.4, -0.2) is 36.3 Å². The van der Waals surface area contributed by atoms with Gasteiger partial charge in [0.25, 0.3) is 5.56 Å². The van der Waals surface area contributed by atoms with Crippen molar-refractivity contribution in [1.29, 1.82) is 0 Å². The van der Waals surface area contributed by atoms with E-state index in [2.05, 4.69) is 15.0 Å². The second-order valence-corrected chi connectivity index (χ2v) is 4.63. The number of aromatic nitrogens is 4. The fraction of sp³-hybridized carbons (Fsp3) is 0.333. The molecule has 0 radical (unpaired) electrons. The van der Waals surface area contributed by atoms with Gasteiger partial charge in [0.05, 0.1) is 6.42 Å². The van der Waals surface area contributed by atoms with Gasteiger partial charge in [0.2, 0.25) is 0 Å². The van der Waals surface area contributed by atoms with Crippen molar-refractivity contribution in [3.05, 3.63) is 20.8 Å². The van der Waals surface area contributed by atoms with Crippen molar-refractivity contribution in [3.63, 3.8) is 0 Å². The number of carboxylic acid groups (broad SMARTS) is 1. The van der Waals surface area contributed by atoms with Crippen LogP contribution in [0.4, 0.5) is 0 Å². The number of rotatable bonds is 4. The summed E-state index contributed by atoms with van der Waals surface area (Å²) in [5, 5.41) is 8.93. The number of hydrogen-bond donors (Lipinski definition) is 3. The smallest absolute Gasteiger partial charge is 0.329 e. The van der Waals surface area contributed by atoms with Crippen molar-refractivity contribution >= 4 is 28.9 Å². The fourth-order valence-corrected chi connectivity index (χ4v) is 2.18. The van der Waals surface area contributed by atoms with E-state index >= 15 is 0 Å². The molecule has 0 aromatic carbocycles. The number of aromatic amines is 2. The Bertz CT molecular complexity index is 713. The Labute approximate surface area is 104 Å². The Kier molecular flexibility index (Phi) is 3.24. The monoisotopic (exact) mass is 270 g/mol. The second-order valence-electron chi connectivity index (χ2n) is 3.55. The van der Waals surface area contributed by atoms with Gasteiger partial charge in [0, 0.05) is 12.8 Å². The van der Waals surface area contributed by atoms with Gasteiger partial charge in [-0.25, -0.2) is 9.78 Å². The molecule has 0 fully saturated rings. The number of fused-ring (bicyclic) bond motifs is 1. The van der Waals surface area contributed by atoms with Gasteiger partial charge in [-0.1, -0.05) is 11.8 Å². The molecule has 0 aliphatic rings. The fourth-order valence-electron chi connectivity index (χ4n) is 1.39. The lowest BCUT2D eigenvalue weighted by Crippen LogP contribution is -2.28. The molecule has 8 nitrogen and oxygen atoms in total. The van der Waals surface area contributed by atoms with Crippen molar-refractivity contribution in [2.24, 2.45) is 7.05 Å². The van der Waals surface area contributed by atoms with Crippen LogP contribution in [0, 0.1) is 0 Å². The van der Waals surface area contributed by atoms with Gasteiger partial charge in [-0.05, 0) is 0 Å². The molecule has 0 unspecified atom stereocenters. The zero-order valence-corrected chi connectivity index (χ0v) is 10.2. The van der Waals surface area contributed by atoms with Gasteiger partial charge >= 0.3 is 11.7 Å². The number of hydrogen-bond acceptors (Lipinski definition) is 5. The normalized spacial score (nSPS) is 10.9. The molecule has 0 aliphatic carbocycles. The van der Waals surface area contributed by atoms with Crippen molar-refractivity contribution in [3.8, 4) is 0 Å². The van der Waals surface area contributed by atoms with Crippen LogP contribution in [0.1, 0.15) is 6.42 Å². The molecule has 96 valence electrons. The van der Waals surface area contributed by atoms with Crippen molar-refractivity contribution < 1.29 is 9.90 Å². The highest BCUT2D eigenvalue weighted by molar-refractivity contribution is 7.99. The number of carbonyl (C=O) groups is 1. The summed E-state index contributed by atoms with van der Waals surface area (Å²) in [7, 11) is 1.49. The zero-order valence-electron chi connectivity index (χ0n) is 9.39. The van der Waals surface area contributed by atoms with E-state index in [4.69, 9.17) is 5.11 Å². The molecule has 2 aromatic heterocycles. The largest absolute Gasteiger partial charge is 0.481 e. The molecule has 0 spiro atoms. The van der Waals surface area contributed by atoms with E-state index in [1.807, 2.05) is 0 Å². The zero-order chi connectivity index (χ0) is 13.3. The molecule has 0 bridgehead atoms. The van der Waals surface area contributed by atoms with Crippen LogP contribution >= 0.6 is 11.8 Å². The maximum absolute atomic E-state index is 11.5. The molecule has 2 heterocycles. The van der Waals surface area contributed by atoms with E-state index < -0.39 is 17.2 Å². The lowest BCUT2D eigenvalue weighted by molar-refractivity contribution is -0.136. The Morgan fingerprint density at radius 1 is 1.44 bits per heavy atom. The van der Waals surface area contributed by atoms with Crippen LogP contribution in [0.2, 0.25) is 0 Å². The highest BCUT2D eigenvalue weighted by atomic mass is 32.2. The second kappa shape index (κ2) is 4.69. The first kappa shape index (κ1) is 12.4. The van der Waals surface area contributed by atoms with E-state index in [-0.39, 0.29) is 17.6 Å². The third-order valence-corrected chi connectivity index (χ3v) is 3.16. The SMILES string of the molecule is Cn1c(=O)[nH]c(=O)c2[nH]c(SCCC(=O)O)nc21. The van der Waals surface area contributed by atoms with Crippen LogP contribution in [0.25, 0.3) is 11.2 Å². The summed E-state index contributed by atoms with van der Waals surface area (Å²) in [6.07, 6.45) is -0.00298. The van der Waals surface area contributed by atoms with Crippen molar-refractivity contribution in [2.45, 2.75) is 11.6 Å². The molecule has 0 saturated carbocycles. The van der Waals surface area contributed by atoms with Crippen molar-refractivity contribution in [2.75, 3.05) is 5.75 Å². The number of aliphatic carboxylic acids is 1. The molecule has 18 heavy (non-hydrogen) atoms. The molecule has 3 N–H and O–H groups in total. The first-order valence-corrected chi connectivity index (χ1v) is 6.01. The minimum Gasteiger partial charge on any atom is -0.481 e. The van der Waals surface area contributed by atoms with Gasteiger partial charge in [0.1, 0.15) is 0 Å². The van der Waals surface area contributed by atoms with Gasteiger partial charge in [0.15, 0.2) is 16.3 Å². The lowest BCUT2D eigenvalue weighted by Gasteiger charge is -1.94. The quantitative estimate of drug-likeness (QED) is 0.645. The predicted octanol–water partition coefficient (Wildman–Crippen LogP) is -0.483. The lowest BCUT2D eigenvalue weighted by atomic mass is 10.5. The van der Waals surface area contributed by atoms with Gasteiger partial charge in [-0.15, -0.1) is 0 Å². The molecule has 9 heteroatoms. The summed E-state index contributed by atoms with van der Waals surface area (Å²) in [6.45, 7) is 0. The number of thioether (sulfide) groups is 1. The molecule has 0 atom stereocenters. The predicted molar refractivity (Wildman–Crippen MR) is 64.9 cm³/mol. The number of aryl methyl sites for hydroxylation is 1. The number of nitrogens with zero attached hydrogens (tertiary/aromatic N) is 2. The maximum Gasteiger partial charge on any atom is 0.329 e. The first-order valence-electron chi connectivity index (χ1n) is 5.02. The number of imidazole rings is 1. The van der Waals surface area contributed by atoms with Crippen LogP contribution in [-0.2, 0) is 11.8 Å². The summed E-state index contributed by atoms with van der Waals surface area (Å²) >= 11 is 1.18. The van der Waals surface area contributed by atoms with Crippen molar-refractivity contribution in [1.82, 2.24) is 19.5 Å². The van der Waals surface area contributed by atoms with E-state index in [9.17, 15) is 14.4 Å². The molecule has 0 amide bonds. The molecule has 2 aromatic rings. The average molecular weight is 270 g/mol. The summed E-state index contributed by atoms with van der Waals surface area (Å²) < 4.78 is 1.22. The Morgan fingerprint density at radius 2 is 2.17 bits per heavy atom. The Morgan fingerprint density at radius 3 is 2.83 bits per heavy atom. The molecular weight excluding hydrogens is 260 g/mol. The summed E-state index contributed by atoms with van der Waals surface area (Å²) in [4.78, 5) is 42.2. The minimum atomic E-state index is -0.899. The topological polar surface area (TPSA) is 121 Å². The minimum absolute atomic E-state index is 0.00298. The van der Waals surface area contributed by atoms with Crippen LogP contribution in [0.3, 0.4) is 0 Å². The van der Waals surface area contributed by atoms with E-state index in [0.717, 1.165) is 0 Å². The standard InChI is InChI=1S/C9H10N4O4S/c1-13-6-5(7(16)12-9(13)17)10-8(11-6)18-3-2-4(14)15/h2-3H2,1H3,(H,10,11)(H,14,15)(H,12,16,17). The Balaban J connectivity index is 2.36. The first-order chi connectivity index (χ1) is 8.49. The number of H-pyrrole nitrogens is 2. The third-order valence-electron chi connectivity index (χ3n) is 2.29. The number of nitrogens with one attached hydrogen (secondary N) is 2. The van der Waals surface area contributed by atoms with E-state index in [0.29, 0.717) is 10.9 Å². The van der Waals surface area contributed by atoms with Gasteiger partial charge < -0.3 is 10.1 Å². The van der Waals surface area contributed by atoms with E-state index in [1.165, 1.54) is 23.4 Å². The van der Waals surface area contributed by atoms with Crippen LogP contribution < -0.4 is 11.2 Å². The molecule has 0 aliphatic heterocycles. The summed E-state index contributed by atoms with van der Waals surface area (Å²) in [5.74, 6) is -0.565. The van der Waals surface area contributed by atoms with Gasteiger partial charge in [-0.2, -0.15) is 0 Å². The maximum atomic E-state index is 11.5. The van der Waals surface area contributed by atoms with Crippen LogP contribution in [0.15, 0.2) is 14.7 Å². The molecule has 0 saturated heterocycles. The summed E-state index contributed by atoms with van der Waals surface area (Å²) in [6, 6.07) is 0. The third kappa shape index (κ3) is 2.30. The van der Waals surface area contributed by atoms with Crippen LogP contribution in [0.5, 0.6) is 0 Å². The highest BCUT2D eigenvalue weighted by Gasteiger charge is 2.11. The highest BCUT2D eigenvalue weighted by Crippen LogP contribution is 2.16. The van der Waals surface area contributed by atoms with E-state index in [1.54, 1.807) is 0 Å². The average Bonchev–Trinajstić information content (AvgIpc) is 2.70.